The average Bonchev–Trinajstić information content (AvgIpc) is 2.36. The third-order valence-electron chi connectivity index (χ3n) is 2.02. The van der Waals surface area contributed by atoms with Gasteiger partial charge in [-0.1, -0.05) is 23.3 Å². The maximum atomic E-state index is 10.9. The predicted molar refractivity (Wildman–Crippen MR) is 62.5 cm³/mol. The van der Waals surface area contributed by atoms with Gasteiger partial charge in [-0.25, -0.2) is 4.79 Å². The number of hydrogen-bond acceptors (Lipinski definition) is 4. The maximum absolute atomic E-state index is 10.9. The predicted octanol–water partition coefficient (Wildman–Crippen LogP) is 2.05. The van der Waals surface area contributed by atoms with E-state index >= 15 is 0 Å². The zero-order valence-corrected chi connectivity index (χ0v) is 9.15. The lowest BCUT2D eigenvalue weighted by Crippen LogP contribution is -2.09. The Morgan fingerprint density at radius 1 is 1.39 bits per heavy atom. The van der Waals surface area contributed by atoms with E-state index in [1.54, 1.807) is 12.1 Å². The van der Waals surface area contributed by atoms with Crippen LogP contribution in [0.5, 0.6) is 0 Å². The number of carbonyl (C=O) groups is 2. The Labute approximate surface area is 102 Å². The van der Waals surface area contributed by atoms with E-state index in [-0.39, 0.29) is 12.1 Å². The van der Waals surface area contributed by atoms with Gasteiger partial charge in [-0.3, -0.25) is 4.79 Å². The van der Waals surface area contributed by atoms with Crippen molar-refractivity contribution in [1.82, 2.24) is 0 Å². The van der Waals surface area contributed by atoms with Crippen molar-refractivity contribution in [2.45, 2.75) is 6.54 Å². The first-order chi connectivity index (χ1) is 8.54. The summed E-state index contributed by atoms with van der Waals surface area (Å²) in [5.74, 6) is -3.31. The van der Waals surface area contributed by atoms with E-state index in [0.717, 1.165) is 0 Å². The van der Waals surface area contributed by atoms with Gasteiger partial charge in [0.05, 0.1) is 6.54 Å². The van der Waals surface area contributed by atoms with Crippen molar-refractivity contribution < 1.29 is 19.8 Å². The van der Waals surface area contributed by atoms with E-state index in [1.165, 1.54) is 12.1 Å². The minimum Gasteiger partial charge on any atom is -0.507 e. The molecule has 0 aliphatic carbocycles. The maximum Gasteiger partial charge on any atom is 0.376 e. The summed E-state index contributed by atoms with van der Waals surface area (Å²) in [5, 5.41) is 21.3. The quantitative estimate of drug-likeness (QED) is 0.206. The number of benzene rings is 1. The highest BCUT2D eigenvalue weighted by molar-refractivity contribution is 6.38. The van der Waals surface area contributed by atoms with Gasteiger partial charge in [0.1, 0.15) is 5.76 Å². The molecule has 1 aromatic carbocycles. The standard InChI is InChI=1S/C11H9N3O4/c12-14-13-6-7-2-1-3-8(4-7)9(15)5-10(16)11(17)18/h1-5,15H,6H2,(H,17,18)/b9-5-. The lowest BCUT2D eigenvalue weighted by Gasteiger charge is -2.02. The Bertz CT molecular complexity index is 559. The lowest BCUT2D eigenvalue weighted by molar-refractivity contribution is -0.146. The second-order valence-electron chi connectivity index (χ2n) is 3.29. The number of carbonyl (C=O) groups excluding carboxylic acids is 1. The van der Waals surface area contributed by atoms with Crippen LogP contribution in [0.2, 0.25) is 0 Å². The Kier molecular flexibility index (Phi) is 4.48. The Morgan fingerprint density at radius 2 is 2.11 bits per heavy atom. The van der Waals surface area contributed by atoms with Crippen LogP contribution in [0.1, 0.15) is 11.1 Å². The summed E-state index contributed by atoms with van der Waals surface area (Å²) in [4.78, 5) is 23.8. The number of rotatable bonds is 5. The van der Waals surface area contributed by atoms with E-state index < -0.39 is 17.5 Å². The molecule has 2 N–H and O–H groups in total. The largest absolute Gasteiger partial charge is 0.507 e. The number of hydrogen-bond donors (Lipinski definition) is 2. The SMILES string of the molecule is [N-]=[N+]=NCc1cccc(/C(O)=C/C(=O)C(=O)O)c1. The van der Waals surface area contributed by atoms with Gasteiger partial charge in [-0.15, -0.1) is 0 Å². The fourth-order valence-electron chi connectivity index (χ4n) is 1.21. The molecule has 0 saturated heterocycles. The molecule has 0 saturated carbocycles. The van der Waals surface area contributed by atoms with Crippen LogP contribution in [0.15, 0.2) is 35.5 Å². The van der Waals surface area contributed by atoms with Gasteiger partial charge in [0, 0.05) is 16.6 Å². The van der Waals surface area contributed by atoms with Gasteiger partial charge in [-0.05, 0) is 17.2 Å². The fraction of sp³-hybridized carbons (Fsp3) is 0.0909. The highest BCUT2D eigenvalue weighted by atomic mass is 16.4. The van der Waals surface area contributed by atoms with E-state index in [0.29, 0.717) is 11.6 Å². The van der Waals surface area contributed by atoms with Crippen molar-refractivity contribution in [3.8, 4) is 0 Å². The molecule has 0 bridgehead atoms. The van der Waals surface area contributed by atoms with Crippen LogP contribution < -0.4 is 0 Å². The van der Waals surface area contributed by atoms with Gasteiger partial charge in [-0.2, -0.15) is 0 Å². The summed E-state index contributed by atoms with van der Waals surface area (Å²) >= 11 is 0. The summed E-state index contributed by atoms with van der Waals surface area (Å²) < 4.78 is 0. The van der Waals surface area contributed by atoms with Crippen molar-refractivity contribution in [2.75, 3.05) is 0 Å². The molecule has 7 nitrogen and oxygen atoms in total. The van der Waals surface area contributed by atoms with E-state index in [9.17, 15) is 14.7 Å². The molecular formula is C11H9N3O4. The van der Waals surface area contributed by atoms with E-state index in [1.807, 2.05) is 0 Å². The topological polar surface area (TPSA) is 123 Å². The van der Waals surface area contributed by atoms with Crippen molar-refractivity contribution in [3.63, 3.8) is 0 Å². The van der Waals surface area contributed by atoms with Crippen LogP contribution in [-0.2, 0) is 16.1 Å². The smallest absolute Gasteiger partial charge is 0.376 e. The molecule has 0 spiro atoms. The Morgan fingerprint density at radius 3 is 2.72 bits per heavy atom. The normalized spacial score (nSPS) is 10.6. The second kappa shape index (κ2) is 6.07. The second-order valence-corrected chi connectivity index (χ2v) is 3.29. The molecule has 0 heterocycles. The van der Waals surface area contributed by atoms with Crippen molar-refractivity contribution in [2.24, 2.45) is 5.11 Å². The number of aliphatic hydroxyl groups excluding tert-OH is 1. The van der Waals surface area contributed by atoms with E-state index in [4.69, 9.17) is 10.6 Å². The molecule has 0 fully saturated rings. The number of azide groups is 1. The van der Waals surface area contributed by atoms with Gasteiger partial charge in [0.2, 0.25) is 0 Å². The molecule has 0 atom stereocenters. The van der Waals surface area contributed by atoms with Crippen molar-refractivity contribution >= 4 is 17.5 Å². The van der Waals surface area contributed by atoms with Crippen LogP contribution in [-0.4, -0.2) is 22.0 Å². The molecule has 0 aliphatic rings. The average molecular weight is 247 g/mol. The monoisotopic (exact) mass is 247 g/mol. The summed E-state index contributed by atoms with van der Waals surface area (Å²) in [6.45, 7) is 0.102. The number of nitrogens with zero attached hydrogens (tertiary/aromatic N) is 3. The molecule has 92 valence electrons. The number of aliphatic hydroxyl groups is 1. The minimum atomic E-state index is -1.65. The number of carboxylic acid groups (broad SMARTS) is 1. The zero-order valence-electron chi connectivity index (χ0n) is 9.15. The molecule has 0 aromatic heterocycles. The first kappa shape index (κ1) is 13.3. The lowest BCUT2D eigenvalue weighted by atomic mass is 10.1. The minimum absolute atomic E-state index is 0.102. The van der Waals surface area contributed by atoms with Gasteiger partial charge in [0.25, 0.3) is 5.78 Å². The van der Waals surface area contributed by atoms with Crippen LogP contribution in [0, 0.1) is 0 Å². The third kappa shape index (κ3) is 3.66. The highest BCUT2D eigenvalue weighted by Gasteiger charge is 2.10. The number of aliphatic carboxylic acids is 1. The molecule has 1 rings (SSSR count). The number of ketones is 1. The Hall–Kier alpha value is -2.79. The zero-order chi connectivity index (χ0) is 13.5. The first-order valence-corrected chi connectivity index (χ1v) is 4.82. The van der Waals surface area contributed by atoms with Crippen LogP contribution in [0.4, 0.5) is 0 Å². The van der Waals surface area contributed by atoms with E-state index in [2.05, 4.69) is 10.0 Å². The molecule has 18 heavy (non-hydrogen) atoms. The van der Waals surface area contributed by atoms with Gasteiger partial charge >= 0.3 is 5.97 Å². The molecule has 1 aromatic rings. The summed E-state index contributed by atoms with van der Waals surface area (Å²) in [6.07, 6.45) is 0.620. The molecule has 0 unspecified atom stereocenters. The molecule has 7 heteroatoms. The van der Waals surface area contributed by atoms with Crippen LogP contribution in [0.3, 0.4) is 0 Å². The molecule has 0 aliphatic heterocycles. The number of carboxylic acids is 1. The van der Waals surface area contributed by atoms with Gasteiger partial charge in [0.15, 0.2) is 0 Å². The third-order valence-corrected chi connectivity index (χ3v) is 2.02. The van der Waals surface area contributed by atoms with Crippen molar-refractivity contribution in [1.29, 1.82) is 0 Å². The fourth-order valence-corrected chi connectivity index (χ4v) is 1.21. The summed E-state index contributed by atoms with van der Waals surface area (Å²) in [6, 6.07) is 6.26. The molecular weight excluding hydrogens is 238 g/mol. The van der Waals surface area contributed by atoms with Crippen LogP contribution in [0.25, 0.3) is 16.2 Å². The molecule has 0 amide bonds. The van der Waals surface area contributed by atoms with Crippen LogP contribution >= 0.6 is 0 Å². The molecule has 0 radical (unpaired) electrons. The van der Waals surface area contributed by atoms with Crippen molar-refractivity contribution in [3.05, 3.63) is 51.9 Å². The van der Waals surface area contributed by atoms with Gasteiger partial charge < -0.3 is 10.2 Å². The highest BCUT2D eigenvalue weighted by Crippen LogP contribution is 2.14. The Balaban J connectivity index is 2.99. The summed E-state index contributed by atoms with van der Waals surface area (Å²) in [5.41, 5.74) is 9.08. The first-order valence-electron chi connectivity index (χ1n) is 4.82. The summed E-state index contributed by atoms with van der Waals surface area (Å²) in [7, 11) is 0.